The lowest BCUT2D eigenvalue weighted by Crippen LogP contribution is -2.28. The van der Waals surface area contributed by atoms with Crippen molar-refractivity contribution in [3.05, 3.63) is 47.9 Å². The summed E-state index contributed by atoms with van der Waals surface area (Å²) in [5.74, 6) is 1.33. The molecule has 0 saturated carbocycles. The van der Waals surface area contributed by atoms with Crippen LogP contribution in [0.5, 0.6) is 5.75 Å². The molecule has 140 valence electrons. The zero-order valence-corrected chi connectivity index (χ0v) is 15.6. The van der Waals surface area contributed by atoms with Crippen LogP contribution in [0.1, 0.15) is 17.9 Å². The number of hydrogen-bond donors (Lipinski definition) is 2. The Balaban J connectivity index is 1.56. The van der Waals surface area contributed by atoms with Gasteiger partial charge >= 0.3 is 0 Å². The number of rotatable bonds is 6. The first-order valence-electron chi connectivity index (χ1n) is 8.13. The fourth-order valence-electron chi connectivity index (χ4n) is 2.37. The molecule has 1 aliphatic heterocycles. The lowest BCUT2D eigenvalue weighted by atomic mass is 10.2. The third-order valence-corrected chi connectivity index (χ3v) is 4.70. The fourth-order valence-corrected chi connectivity index (χ4v) is 3.29. The molecular formula is C18H18N4O4S. The van der Waals surface area contributed by atoms with Crippen molar-refractivity contribution in [3.63, 3.8) is 0 Å². The second-order valence-corrected chi connectivity index (χ2v) is 6.84. The van der Waals surface area contributed by atoms with Gasteiger partial charge in [0.25, 0.3) is 0 Å². The smallest absolute Gasteiger partial charge is 0.240 e. The first-order valence-corrected chi connectivity index (χ1v) is 9.01. The first kappa shape index (κ1) is 18.7. The number of nitrogens with zero attached hydrogens (tertiary/aromatic N) is 2. The lowest BCUT2D eigenvalue weighted by molar-refractivity contribution is -0.122. The van der Waals surface area contributed by atoms with Gasteiger partial charge in [0.1, 0.15) is 22.5 Å². The van der Waals surface area contributed by atoms with Gasteiger partial charge in [0.2, 0.25) is 11.8 Å². The molecule has 0 radical (unpaired) electrons. The average molecular weight is 386 g/mol. The van der Waals surface area contributed by atoms with Gasteiger partial charge in [-0.2, -0.15) is 5.10 Å². The predicted octanol–water partition coefficient (Wildman–Crippen LogP) is 2.55. The standard InChI is InChI=1S/C18H18N4O4S/c1-11-7-8-12(26-11)10-19-22-18-21-17(24)15(27-18)9-16(23)20-13-5-3-4-6-14(13)25-2/h3-8,10,15H,9H2,1-2H3,(H,20,23)(H,21,22,24)/b19-10+. The summed E-state index contributed by atoms with van der Waals surface area (Å²) in [5, 5.41) is 13.0. The minimum atomic E-state index is -0.570. The summed E-state index contributed by atoms with van der Waals surface area (Å²) in [6.07, 6.45) is 1.46. The molecule has 8 nitrogen and oxygen atoms in total. The maximum absolute atomic E-state index is 12.2. The Labute approximate surface area is 160 Å². The van der Waals surface area contributed by atoms with Crippen molar-refractivity contribution in [2.75, 3.05) is 12.4 Å². The van der Waals surface area contributed by atoms with Crippen LogP contribution in [0, 0.1) is 6.92 Å². The van der Waals surface area contributed by atoms with Gasteiger partial charge in [-0.25, -0.2) is 0 Å². The van der Waals surface area contributed by atoms with Crippen LogP contribution in [0.15, 0.2) is 51.0 Å². The number of nitrogens with one attached hydrogen (secondary N) is 2. The third-order valence-electron chi connectivity index (χ3n) is 3.62. The van der Waals surface area contributed by atoms with E-state index < -0.39 is 5.25 Å². The van der Waals surface area contributed by atoms with Crippen molar-refractivity contribution in [1.82, 2.24) is 5.32 Å². The Kier molecular flexibility index (Phi) is 5.92. The van der Waals surface area contributed by atoms with Crippen molar-refractivity contribution < 1.29 is 18.7 Å². The van der Waals surface area contributed by atoms with Crippen molar-refractivity contribution >= 4 is 40.6 Å². The molecule has 0 spiro atoms. The highest BCUT2D eigenvalue weighted by molar-refractivity contribution is 8.15. The van der Waals surface area contributed by atoms with E-state index in [1.807, 2.05) is 19.1 Å². The first-order chi connectivity index (χ1) is 13.0. The number of amides is 2. The van der Waals surface area contributed by atoms with Crippen LogP contribution in [0.4, 0.5) is 5.69 Å². The second-order valence-electron chi connectivity index (χ2n) is 5.65. The van der Waals surface area contributed by atoms with Crippen LogP contribution >= 0.6 is 11.8 Å². The van der Waals surface area contributed by atoms with E-state index in [1.54, 1.807) is 24.3 Å². The third kappa shape index (κ3) is 4.98. The minimum absolute atomic E-state index is 0.00859. The van der Waals surface area contributed by atoms with E-state index in [0.717, 1.165) is 17.5 Å². The molecule has 27 heavy (non-hydrogen) atoms. The van der Waals surface area contributed by atoms with Gasteiger partial charge in [-0.3, -0.25) is 9.59 Å². The number of hydrogen-bond acceptors (Lipinski definition) is 7. The number of methoxy groups -OCH3 is 1. The van der Waals surface area contributed by atoms with Crippen LogP contribution in [-0.4, -0.2) is 35.6 Å². The number of benzene rings is 1. The number of carbonyl (C=O) groups is 2. The van der Waals surface area contributed by atoms with Crippen LogP contribution in [0.2, 0.25) is 0 Å². The Morgan fingerprint density at radius 3 is 2.93 bits per heavy atom. The molecule has 2 aromatic rings. The van der Waals surface area contributed by atoms with E-state index in [9.17, 15) is 9.59 Å². The summed E-state index contributed by atoms with van der Waals surface area (Å²) in [4.78, 5) is 24.3. The molecule has 2 heterocycles. The molecule has 9 heteroatoms. The van der Waals surface area contributed by atoms with E-state index in [4.69, 9.17) is 9.15 Å². The molecule has 1 aromatic carbocycles. The number of ether oxygens (including phenoxy) is 1. The van der Waals surface area contributed by atoms with E-state index in [0.29, 0.717) is 22.4 Å². The average Bonchev–Trinajstić information content (AvgIpc) is 3.21. The number of thioether (sulfide) groups is 1. The molecule has 1 atom stereocenters. The Morgan fingerprint density at radius 2 is 2.19 bits per heavy atom. The summed E-state index contributed by atoms with van der Waals surface area (Å²) >= 11 is 1.16. The normalized spacial score (nSPS) is 18.1. The lowest BCUT2D eigenvalue weighted by Gasteiger charge is -2.10. The number of anilines is 1. The molecule has 0 bridgehead atoms. The number of carbonyl (C=O) groups excluding carboxylic acids is 2. The van der Waals surface area contributed by atoms with E-state index in [-0.39, 0.29) is 18.2 Å². The van der Waals surface area contributed by atoms with Crippen LogP contribution in [-0.2, 0) is 9.59 Å². The molecule has 2 amide bonds. The van der Waals surface area contributed by atoms with Gasteiger partial charge in [-0.1, -0.05) is 23.9 Å². The zero-order valence-electron chi connectivity index (χ0n) is 14.8. The molecule has 1 aliphatic rings. The quantitative estimate of drug-likeness (QED) is 0.586. The maximum Gasteiger partial charge on any atom is 0.240 e. The van der Waals surface area contributed by atoms with Crippen molar-refractivity contribution in [2.24, 2.45) is 10.2 Å². The van der Waals surface area contributed by atoms with Crippen molar-refractivity contribution in [3.8, 4) is 5.75 Å². The van der Waals surface area contributed by atoms with Crippen molar-refractivity contribution in [2.45, 2.75) is 18.6 Å². The number of furan rings is 1. The molecule has 3 rings (SSSR count). The SMILES string of the molecule is COc1ccccc1NC(=O)CC1S/C(=N\N=C\c2ccc(C)o2)NC1=O. The Hall–Kier alpha value is -3.07. The molecule has 1 saturated heterocycles. The van der Waals surface area contributed by atoms with E-state index >= 15 is 0 Å². The van der Waals surface area contributed by atoms with E-state index in [1.165, 1.54) is 13.3 Å². The molecule has 1 unspecified atom stereocenters. The van der Waals surface area contributed by atoms with Gasteiger partial charge in [0, 0.05) is 6.42 Å². The van der Waals surface area contributed by atoms with Crippen LogP contribution < -0.4 is 15.4 Å². The summed E-state index contributed by atoms with van der Waals surface area (Å²) in [6, 6.07) is 10.7. The number of amidine groups is 1. The molecule has 0 aliphatic carbocycles. The highest BCUT2D eigenvalue weighted by Crippen LogP contribution is 2.26. The van der Waals surface area contributed by atoms with Gasteiger partial charge in [0.15, 0.2) is 5.17 Å². The molecule has 1 fully saturated rings. The van der Waals surface area contributed by atoms with Crippen LogP contribution in [0.3, 0.4) is 0 Å². The monoisotopic (exact) mass is 386 g/mol. The largest absolute Gasteiger partial charge is 0.495 e. The number of para-hydroxylation sites is 2. The van der Waals surface area contributed by atoms with Gasteiger partial charge in [-0.05, 0) is 31.2 Å². The summed E-state index contributed by atoms with van der Waals surface area (Å²) < 4.78 is 10.5. The van der Waals surface area contributed by atoms with E-state index in [2.05, 4.69) is 20.8 Å². The highest BCUT2D eigenvalue weighted by atomic mass is 32.2. The molecular weight excluding hydrogens is 368 g/mol. The molecule has 1 aromatic heterocycles. The van der Waals surface area contributed by atoms with Gasteiger partial charge < -0.3 is 19.8 Å². The maximum atomic E-state index is 12.2. The van der Waals surface area contributed by atoms with Crippen molar-refractivity contribution in [1.29, 1.82) is 0 Å². The summed E-state index contributed by atoms with van der Waals surface area (Å²) in [6.45, 7) is 1.83. The zero-order chi connectivity index (χ0) is 19.2. The highest BCUT2D eigenvalue weighted by Gasteiger charge is 2.32. The van der Waals surface area contributed by atoms with Gasteiger partial charge in [0.05, 0.1) is 19.0 Å². The second kappa shape index (κ2) is 8.54. The summed E-state index contributed by atoms with van der Waals surface area (Å²) in [7, 11) is 1.53. The minimum Gasteiger partial charge on any atom is -0.495 e. The molecule has 2 N–H and O–H groups in total. The summed E-state index contributed by atoms with van der Waals surface area (Å²) in [5.41, 5.74) is 0.556. The Morgan fingerprint density at radius 1 is 1.37 bits per heavy atom. The topological polar surface area (TPSA) is 105 Å². The van der Waals surface area contributed by atoms with Gasteiger partial charge in [-0.15, -0.1) is 5.10 Å². The van der Waals surface area contributed by atoms with Crippen LogP contribution in [0.25, 0.3) is 0 Å². The Bertz CT molecular complexity index is 906. The number of aryl methyl sites for hydroxylation is 1. The fraction of sp³-hybridized carbons (Fsp3) is 0.222. The predicted molar refractivity (Wildman–Crippen MR) is 104 cm³/mol.